The van der Waals surface area contributed by atoms with Crippen molar-refractivity contribution in [3.63, 3.8) is 0 Å². The van der Waals surface area contributed by atoms with Crippen molar-refractivity contribution in [1.82, 2.24) is 30.3 Å². The molecule has 0 aliphatic heterocycles. The number of rotatable bonds is 5. The van der Waals surface area contributed by atoms with Crippen molar-refractivity contribution in [3.8, 4) is 0 Å². The second-order valence-corrected chi connectivity index (χ2v) is 4.57. The maximum absolute atomic E-state index is 4.44. The molecule has 2 heterocycles. The van der Waals surface area contributed by atoms with Crippen LogP contribution >= 0.6 is 0 Å². The molecule has 0 spiro atoms. The van der Waals surface area contributed by atoms with E-state index in [1.54, 1.807) is 0 Å². The van der Waals surface area contributed by atoms with E-state index in [4.69, 9.17) is 0 Å². The third-order valence-electron chi connectivity index (χ3n) is 3.28. The molecule has 18 heavy (non-hydrogen) atoms. The molecule has 0 fully saturated rings. The Morgan fingerprint density at radius 1 is 1.44 bits per heavy atom. The Labute approximate surface area is 107 Å². The molecule has 0 saturated carbocycles. The van der Waals surface area contributed by atoms with Crippen LogP contribution in [-0.2, 0) is 13.5 Å². The van der Waals surface area contributed by atoms with Crippen LogP contribution in [0.5, 0.6) is 0 Å². The highest BCUT2D eigenvalue weighted by molar-refractivity contribution is 5.27. The number of aromatic nitrogens is 5. The summed E-state index contributed by atoms with van der Waals surface area (Å²) in [4.78, 5) is 4.10. The Morgan fingerprint density at radius 3 is 2.78 bits per heavy atom. The Bertz CT molecular complexity index is 499. The number of hydrogen-bond acceptors (Lipinski definition) is 4. The van der Waals surface area contributed by atoms with Gasteiger partial charge in [-0.2, -0.15) is 10.2 Å². The minimum atomic E-state index is 0.293. The fourth-order valence-electron chi connectivity index (χ4n) is 2.28. The number of H-pyrrole nitrogens is 1. The molecule has 2 rings (SSSR count). The maximum atomic E-state index is 4.44. The highest BCUT2D eigenvalue weighted by Gasteiger charge is 2.15. The zero-order valence-corrected chi connectivity index (χ0v) is 11.4. The van der Waals surface area contributed by atoms with Gasteiger partial charge in [-0.3, -0.25) is 9.78 Å². The molecule has 2 aromatic heterocycles. The van der Waals surface area contributed by atoms with Crippen molar-refractivity contribution < 1.29 is 0 Å². The van der Waals surface area contributed by atoms with E-state index in [0.717, 1.165) is 24.5 Å². The predicted molar refractivity (Wildman–Crippen MR) is 69.2 cm³/mol. The summed E-state index contributed by atoms with van der Waals surface area (Å²) in [6.07, 6.45) is 2.39. The molecule has 6 nitrogen and oxygen atoms in total. The third kappa shape index (κ3) is 2.59. The summed E-state index contributed by atoms with van der Waals surface area (Å²) in [6, 6.07) is 0.293. The lowest BCUT2D eigenvalue weighted by Gasteiger charge is -2.14. The average Bonchev–Trinajstić information content (AvgIpc) is 2.89. The minimum Gasteiger partial charge on any atom is -0.310 e. The molecular weight excluding hydrogens is 228 g/mol. The molecular formula is C12H20N6. The number of aryl methyl sites for hydroxylation is 2. The van der Waals surface area contributed by atoms with Crippen LogP contribution < -0.4 is 5.32 Å². The van der Waals surface area contributed by atoms with Crippen LogP contribution in [0, 0.1) is 13.8 Å². The van der Waals surface area contributed by atoms with Gasteiger partial charge in [0.25, 0.3) is 0 Å². The largest absolute Gasteiger partial charge is 0.310 e. The first-order valence-corrected chi connectivity index (χ1v) is 6.17. The Balaban J connectivity index is 1.93. The topological polar surface area (TPSA) is 71.4 Å². The maximum Gasteiger partial charge on any atom is 0.137 e. The summed E-state index contributed by atoms with van der Waals surface area (Å²) in [5, 5.41) is 14.6. The molecule has 0 aromatic carbocycles. The van der Waals surface area contributed by atoms with Crippen LogP contribution in [0.2, 0.25) is 0 Å². The summed E-state index contributed by atoms with van der Waals surface area (Å²) < 4.78 is 1.93. The molecule has 0 radical (unpaired) electrons. The lowest BCUT2D eigenvalue weighted by molar-refractivity contribution is 0.565. The van der Waals surface area contributed by atoms with Gasteiger partial charge in [0.1, 0.15) is 12.2 Å². The monoisotopic (exact) mass is 248 g/mol. The standard InChI is InChI=1S/C12H20N6/c1-8(12-9(2)17-18(4)10(12)3)13-6-5-11-14-7-15-16-11/h7-8,13H,5-6H2,1-4H3,(H,14,15,16). The molecule has 1 atom stereocenters. The highest BCUT2D eigenvalue weighted by Crippen LogP contribution is 2.20. The number of hydrogen-bond donors (Lipinski definition) is 2. The molecule has 2 N–H and O–H groups in total. The molecule has 0 bridgehead atoms. The number of nitrogens with zero attached hydrogens (tertiary/aromatic N) is 4. The predicted octanol–water partition coefficient (Wildman–Crippen LogP) is 1.05. The molecule has 0 amide bonds. The van der Waals surface area contributed by atoms with Crippen molar-refractivity contribution in [2.45, 2.75) is 33.2 Å². The van der Waals surface area contributed by atoms with Gasteiger partial charge in [0.15, 0.2) is 0 Å². The second-order valence-electron chi connectivity index (χ2n) is 4.57. The lowest BCUT2D eigenvalue weighted by Crippen LogP contribution is -2.22. The van der Waals surface area contributed by atoms with Crippen molar-refractivity contribution in [2.24, 2.45) is 7.05 Å². The van der Waals surface area contributed by atoms with E-state index in [1.807, 2.05) is 11.7 Å². The van der Waals surface area contributed by atoms with Crippen molar-refractivity contribution >= 4 is 0 Å². The summed E-state index contributed by atoms with van der Waals surface area (Å²) in [7, 11) is 1.98. The Hall–Kier alpha value is -1.69. The first kappa shape index (κ1) is 12.8. The molecule has 2 aromatic rings. The van der Waals surface area contributed by atoms with Gasteiger partial charge in [-0.1, -0.05) is 0 Å². The van der Waals surface area contributed by atoms with Crippen LogP contribution in [0.1, 0.15) is 35.7 Å². The van der Waals surface area contributed by atoms with Crippen LogP contribution in [0.4, 0.5) is 0 Å². The zero-order chi connectivity index (χ0) is 13.1. The quantitative estimate of drug-likeness (QED) is 0.829. The molecule has 1 unspecified atom stereocenters. The van der Waals surface area contributed by atoms with Gasteiger partial charge in [-0.15, -0.1) is 0 Å². The molecule has 0 saturated heterocycles. The van der Waals surface area contributed by atoms with E-state index in [2.05, 4.69) is 46.4 Å². The van der Waals surface area contributed by atoms with E-state index in [1.165, 1.54) is 17.6 Å². The lowest BCUT2D eigenvalue weighted by atomic mass is 10.1. The van der Waals surface area contributed by atoms with Gasteiger partial charge in [-0.25, -0.2) is 4.98 Å². The second kappa shape index (κ2) is 5.30. The SMILES string of the molecule is Cc1nn(C)c(C)c1C(C)NCCc1ncn[nH]1. The smallest absolute Gasteiger partial charge is 0.137 e. The van der Waals surface area contributed by atoms with E-state index < -0.39 is 0 Å². The fraction of sp³-hybridized carbons (Fsp3) is 0.583. The van der Waals surface area contributed by atoms with Crippen LogP contribution in [0.15, 0.2) is 6.33 Å². The van der Waals surface area contributed by atoms with Gasteiger partial charge in [-0.05, 0) is 20.8 Å². The minimum absolute atomic E-state index is 0.293. The van der Waals surface area contributed by atoms with E-state index in [9.17, 15) is 0 Å². The van der Waals surface area contributed by atoms with Gasteiger partial charge in [0.2, 0.25) is 0 Å². The summed E-state index contributed by atoms with van der Waals surface area (Å²) >= 11 is 0. The highest BCUT2D eigenvalue weighted by atomic mass is 15.3. The van der Waals surface area contributed by atoms with Crippen LogP contribution in [-0.4, -0.2) is 31.5 Å². The van der Waals surface area contributed by atoms with Crippen LogP contribution in [0.3, 0.4) is 0 Å². The first-order chi connectivity index (χ1) is 8.59. The molecule has 98 valence electrons. The van der Waals surface area contributed by atoms with E-state index in [0.29, 0.717) is 6.04 Å². The summed E-state index contributed by atoms with van der Waals surface area (Å²) in [5.41, 5.74) is 3.59. The average molecular weight is 248 g/mol. The number of nitrogens with one attached hydrogen (secondary N) is 2. The van der Waals surface area contributed by atoms with Crippen molar-refractivity contribution in [3.05, 3.63) is 29.1 Å². The van der Waals surface area contributed by atoms with Gasteiger partial charge >= 0.3 is 0 Å². The van der Waals surface area contributed by atoms with E-state index >= 15 is 0 Å². The third-order valence-corrected chi connectivity index (χ3v) is 3.28. The van der Waals surface area contributed by atoms with Gasteiger partial charge in [0.05, 0.1) is 5.69 Å². The molecule has 0 aliphatic carbocycles. The van der Waals surface area contributed by atoms with Crippen molar-refractivity contribution in [2.75, 3.05) is 6.54 Å². The molecule has 6 heteroatoms. The van der Waals surface area contributed by atoms with Crippen LogP contribution in [0.25, 0.3) is 0 Å². The summed E-state index contributed by atoms with van der Waals surface area (Å²) in [5.74, 6) is 0.911. The fourth-order valence-corrected chi connectivity index (χ4v) is 2.28. The van der Waals surface area contributed by atoms with Gasteiger partial charge in [0, 0.05) is 37.3 Å². The Morgan fingerprint density at radius 2 is 2.22 bits per heavy atom. The number of aromatic amines is 1. The van der Waals surface area contributed by atoms with Gasteiger partial charge < -0.3 is 5.32 Å². The Kier molecular flexibility index (Phi) is 3.76. The zero-order valence-electron chi connectivity index (χ0n) is 11.4. The normalized spacial score (nSPS) is 12.9. The molecule has 0 aliphatic rings. The summed E-state index contributed by atoms with van der Waals surface area (Å²) in [6.45, 7) is 7.18. The van der Waals surface area contributed by atoms with E-state index in [-0.39, 0.29) is 0 Å². The first-order valence-electron chi connectivity index (χ1n) is 6.17. The van der Waals surface area contributed by atoms with Crippen molar-refractivity contribution in [1.29, 1.82) is 0 Å².